The lowest BCUT2D eigenvalue weighted by Gasteiger charge is -2.30. The molecule has 2 aromatic rings. The van der Waals surface area contributed by atoms with Gasteiger partial charge in [-0.25, -0.2) is 0 Å². The monoisotopic (exact) mass is 467 g/mol. The second kappa shape index (κ2) is 12.4. The lowest BCUT2D eigenvalue weighted by molar-refractivity contribution is 0.0944. The fourth-order valence-electron chi connectivity index (χ4n) is 4.33. The number of rotatable bonds is 6. The molecule has 3 heterocycles. The maximum absolute atomic E-state index is 12.6. The first-order valence-corrected chi connectivity index (χ1v) is 11.0. The van der Waals surface area contributed by atoms with E-state index in [4.69, 9.17) is 0 Å². The average Bonchev–Trinajstić information content (AvgIpc) is 3.26. The summed E-state index contributed by atoms with van der Waals surface area (Å²) < 4.78 is 1.94. The average molecular weight is 468 g/mol. The van der Waals surface area contributed by atoms with E-state index >= 15 is 0 Å². The molecule has 0 bridgehead atoms. The van der Waals surface area contributed by atoms with Crippen LogP contribution in [0.3, 0.4) is 0 Å². The van der Waals surface area contributed by atoms with Gasteiger partial charge in [0.25, 0.3) is 5.91 Å². The summed E-state index contributed by atoms with van der Waals surface area (Å²) in [4.78, 5) is 15.2. The van der Waals surface area contributed by atoms with Gasteiger partial charge < -0.3 is 10.6 Å². The van der Waals surface area contributed by atoms with Crippen molar-refractivity contribution in [1.29, 1.82) is 0 Å². The number of hydrogen-bond acceptors (Lipinski definition) is 4. The Kier molecular flexibility index (Phi) is 10.3. The van der Waals surface area contributed by atoms with E-state index in [1.807, 2.05) is 23.0 Å². The Labute approximate surface area is 198 Å². The predicted octanol–water partition coefficient (Wildman–Crippen LogP) is 3.81. The summed E-state index contributed by atoms with van der Waals surface area (Å²) in [6, 6.07) is 10.6. The van der Waals surface area contributed by atoms with Gasteiger partial charge in [0.2, 0.25) is 0 Å². The zero-order valence-corrected chi connectivity index (χ0v) is 19.9. The predicted molar refractivity (Wildman–Crippen MR) is 129 cm³/mol. The van der Waals surface area contributed by atoms with Gasteiger partial charge in [-0.05, 0) is 68.4 Å². The van der Waals surface area contributed by atoms with Gasteiger partial charge >= 0.3 is 0 Å². The Hall–Kier alpha value is -1.60. The molecule has 1 aromatic heterocycles. The molecule has 2 aliphatic rings. The summed E-state index contributed by atoms with van der Waals surface area (Å²) in [6.07, 6.45) is 6.74. The van der Waals surface area contributed by atoms with E-state index in [2.05, 4.69) is 45.8 Å². The molecular weight excluding hydrogens is 433 g/mol. The number of halogens is 2. The highest BCUT2D eigenvalue weighted by molar-refractivity contribution is 5.92. The zero-order chi connectivity index (χ0) is 20.1. The molecule has 6 nitrogen and oxygen atoms in total. The number of carbonyl (C=O) groups excluding carboxylic acids is 1. The second-order valence-corrected chi connectivity index (χ2v) is 8.59. The molecule has 0 spiro atoms. The summed E-state index contributed by atoms with van der Waals surface area (Å²) >= 11 is 0. The summed E-state index contributed by atoms with van der Waals surface area (Å²) in [6.45, 7) is 8.16. The number of aromatic nitrogens is 2. The number of likely N-dealkylation sites (tertiary alicyclic amines) is 1. The minimum atomic E-state index is -0.103. The van der Waals surface area contributed by atoms with Crippen molar-refractivity contribution < 1.29 is 4.79 Å². The first-order chi connectivity index (χ1) is 14.2. The van der Waals surface area contributed by atoms with Crippen molar-refractivity contribution in [2.24, 2.45) is 5.92 Å². The minimum Gasteiger partial charge on any atom is -0.347 e. The molecule has 2 fully saturated rings. The van der Waals surface area contributed by atoms with Crippen LogP contribution in [0, 0.1) is 5.92 Å². The van der Waals surface area contributed by atoms with Gasteiger partial charge in [-0.15, -0.1) is 24.8 Å². The summed E-state index contributed by atoms with van der Waals surface area (Å²) in [5.41, 5.74) is 3.00. The Balaban J connectivity index is 0.00000171. The van der Waals surface area contributed by atoms with Crippen molar-refractivity contribution in [2.75, 3.05) is 26.2 Å². The third-order valence-electron chi connectivity index (χ3n) is 6.31. The fourth-order valence-corrected chi connectivity index (χ4v) is 4.33. The Bertz CT molecular complexity index is 814. The van der Waals surface area contributed by atoms with E-state index in [0.717, 1.165) is 51.5 Å². The van der Waals surface area contributed by atoms with Crippen LogP contribution in [0.4, 0.5) is 0 Å². The molecule has 1 unspecified atom stereocenters. The second-order valence-electron chi connectivity index (χ2n) is 8.59. The van der Waals surface area contributed by atoms with Crippen LogP contribution in [-0.2, 0) is 13.1 Å². The van der Waals surface area contributed by atoms with Crippen LogP contribution in [0.1, 0.15) is 60.3 Å². The summed E-state index contributed by atoms with van der Waals surface area (Å²) in [5.74, 6) is 0.735. The largest absolute Gasteiger partial charge is 0.347 e. The fraction of sp³-hybridized carbons (Fsp3) is 0.565. The minimum absolute atomic E-state index is 0. The molecule has 1 atom stereocenters. The highest BCUT2D eigenvalue weighted by Crippen LogP contribution is 2.20. The van der Waals surface area contributed by atoms with Crippen LogP contribution in [-0.4, -0.2) is 46.8 Å². The third-order valence-corrected chi connectivity index (χ3v) is 6.31. The van der Waals surface area contributed by atoms with Crippen LogP contribution in [0.15, 0.2) is 36.5 Å². The molecule has 0 radical (unpaired) electrons. The topological polar surface area (TPSA) is 62.2 Å². The van der Waals surface area contributed by atoms with Gasteiger partial charge in [0, 0.05) is 25.8 Å². The first kappa shape index (κ1) is 25.7. The molecular formula is C23H35Cl2N5O. The van der Waals surface area contributed by atoms with Crippen molar-refractivity contribution in [1.82, 2.24) is 25.3 Å². The van der Waals surface area contributed by atoms with Crippen molar-refractivity contribution in [2.45, 2.75) is 51.7 Å². The normalized spacial score (nSPS) is 19.8. The number of benzene rings is 1. The number of amides is 1. The Morgan fingerprint density at radius 1 is 1.13 bits per heavy atom. The molecule has 8 heteroatoms. The highest BCUT2D eigenvalue weighted by atomic mass is 35.5. The Morgan fingerprint density at radius 3 is 2.58 bits per heavy atom. The molecule has 2 aliphatic heterocycles. The number of carbonyl (C=O) groups is 1. The van der Waals surface area contributed by atoms with Crippen LogP contribution >= 0.6 is 24.8 Å². The smallest absolute Gasteiger partial charge is 0.272 e. The van der Waals surface area contributed by atoms with E-state index < -0.39 is 0 Å². The maximum atomic E-state index is 12.6. The van der Waals surface area contributed by atoms with Crippen LogP contribution < -0.4 is 10.6 Å². The highest BCUT2D eigenvalue weighted by Gasteiger charge is 2.19. The molecule has 4 rings (SSSR count). The van der Waals surface area contributed by atoms with Gasteiger partial charge in [0.1, 0.15) is 5.69 Å². The third kappa shape index (κ3) is 6.94. The lowest BCUT2D eigenvalue weighted by atomic mass is 9.98. The zero-order valence-electron chi connectivity index (χ0n) is 18.3. The van der Waals surface area contributed by atoms with E-state index in [-0.39, 0.29) is 30.7 Å². The standard InChI is InChI=1S/C23H33N5O.2ClH/c1-18-8-12-27(13-9-18)17-20-6-3-2-5-19(20)15-25-23(29)22-10-14-28(26-22)21-7-4-11-24-16-21;;/h2-3,5-6,10,14,18,21,24H,4,7-9,11-13,15-17H2,1H3,(H,25,29);2*1H. The molecule has 31 heavy (non-hydrogen) atoms. The molecule has 1 amide bonds. The van der Waals surface area contributed by atoms with Gasteiger partial charge in [0.05, 0.1) is 6.04 Å². The Morgan fingerprint density at radius 2 is 1.87 bits per heavy atom. The van der Waals surface area contributed by atoms with Gasteiger partial charge in [0.15, 0.2) is 0 Å². The van der Waals surface area contributed by atoms with E-state index in [1.54, 1.807) is 0 Å². The molecule has 2 saturated heterocycles. The van der Waals surface area contributed by atoms with Gasteiger partial charge in [-0.3, -0.25) is 14.4 Å². The van der Waals surface area contributed by atoms with Crippen LogP contribution in [0.25, 0.3) is 0 Å². The quantitative estimate of drug-likeness (QED) is 0.677. The van der Waals surface area contributed by atoms with Crippen LogP contribution in [0.2, 0.25) is 0 Å². The molecule has 172 valence electrons. The van der Waals surface area contributed by atoms with Crippen molar-refractivity contribution in [3.05, 3.63) is 53.3 Å². The van der Waals surface area contributed by atoms with Crippen molar-refractivity contribution in [3.63, 3.8) is 0 Å². The van der Waals surface area contributed by atoms with Gasteiger partial charge in [-0.2, -0.15) is 5.10 Å². The molecule has 1 aromatic carbocycles. The van der Waals surface area contributed by atoms with E-state index in [1.165, 1.54) is 24.0 Å². The lowest BCUT2D eigenvalue weighted by Crippen LogP contribution is -2.33. The van der Waals surface area contributed by atoms with E-state index in [9.17, 15) is 4.79 Å². The maximum Gasteiger partial charge on any atom is 0.272 e. The molecule has 0 saturated carbocycles. The number of nitrogens with zero attached hydrogens (tertiary/aromatic N) is 3. The van der Waals surface area contributed by atoms with Crippen molar-refractivity contribution >= 4 is 30.7 Å². The number of nitrogens with one attached hydrogen (secondary N) is 2. The number of piperidine rings is 2. The molecule has 0 aliphatic carbocycles. The van der Waals surface area contributed by atoms with Crippen molar-refractivity contribution in [3.8, 4) is 0 Å². The summed E-state index contributed by atoms with van der Waals surface area (Å²) in [5, 5.41) is 11.0. The van der Waals surface area contributed by atoms with Crippen LogP contribution in [0.5, 0.6) is 0 Å². The summed E-state index contributed by atoms with van der Waals surface area (Å²) in [7, 11) is 0. The SMILES string of the molecule is CC1CCN(Cc2ccccc2CNC(=O)c2ccn(C3CCCNC3)n2)CC1.Cl.Cl. The molecule has 2 N–H and O–H groups in total. The van der Waals surface area contributed by atoms with E-state index in [0.29, 0.717) is 18.3 Å². The van der Waals surface area contributed by atoms with Gasteiger partial charge in [-0.1, -0.05) is 31.2 Å². The first-order valence-electron chi connectivity index (χ1n) is 11.0. The number of hydrogen-bond donors (Lipinski definition) is 2.